The standard InChI is InChI=1S/C14H21N5O/c15-9-5-4-8-12(16)13-17-18-14(20)19(13)10-11-6-2-1-3-7-11/h1-3,6-7,12H,4-5,8-10,15-16H2,(H,18,20). The van der Waals surface area contributed by atoms with E-state index in [1.165, 1.54) is 0 Å². The summed E-state index contributed by atoms with van der Waals surface area (Å²) in [6.07, 6.45) is 2.64. The predicted octanol–water partition coefficient (Wildman–Crippen LogP) is 0.749. The lowest BCUT2D eigenvalue weighted by Crippen LogP contribution is -2.24. The van der Waals surface area contributed by atoms with Crippen molar-refractivity contribution in [2.75, 3.05) is 6.54 Å². The van der Waals surface area contributed by atoms with E-state index in [4.69, 9.17) is 11.5 Å². The van der Waals surface area contributed by atoms with Crippen molar-refractivity contribution in [1.82, 2.24) is 14.8 Å². The second-order valence-corrected chi connectivity index (χ2v) is 4.85. The van der Waals surface area contributed by atoms with Crippen LogP contribution in [-0.4, -0.2) is 21.3 Å². The molecule has 2 aromatic rings. The van der Waals surface area contributed by atoms with Crippen molar-refractivity contribution in [3.8, 4) is 0 Å². The van der Waals surface area contributed by atoms with Gasteiger partial charge in [0.05, 0.1) is 12.6 Å². The van der Waals surface area contributed by atoms with Crippen LogP contribution in [0, 0.1) is 0 Å². The average molecular weight is 275 g/mol. The fourth-order valence-electron chi connectivity index (χ4n) is 2.17. The van der Waals surface area contributed by atoms with Crippen molar-refractivity contribution < 1.29 is 0 Å². The zero-order valence-corrected chi connectivity index (χ0v) is 11.5. The number of nitrogens with two attached hydrogens (primary N) is 2. The SMILES string of the molecule is NCCCCC(N)c1n[nH]c(=O)n1Cc1ccccc1. The first-order chi connectivity index (χ1) is 9.72. The minimum atomic E-state index is -0.246. The van der Waals surface area contributed by atoms with Crippen LogP contribution in [0.4, 0.5) is 0 Å². The molecule has 0 saturated carbocycles. The second-order valence-electron chi connectivity index (χ2n) is 4.85. The molecule has 0 aliphatic heterocycles. The normalized spacial score (nSPS) is 12.5. The molecule has 6 heteroatoms. The third kappa shape index (κ3) is 3.55. The number of aromatic nitrogens is 3. The summed E-state index contributed by atoms with van der Waals surface area (Å²) >= 11 is 0. The monoisotopic (exact) mass is 275 g/mol. The highest BCUT2D eigenvalue weighted by Crippen LogP contribution is 2.14. The molecule has 1 atom stereocenters. The van der Waals surface area contributed by atoms with Gasteiger partial charge in [-0.1, -0.05) is 36.8 Å². The van der Waals surface area contributed by atoms with Crippen LogP contribution in [0.2, 0.25) is 0 Å². The van der Waals surface area contributed by atoms with E-state index >= 15 is 0 Å². The molecule has 0 aliphatic rings. The van der Waals surface area contributed by atoms with E-state index < -0.39 is 0 Å². The van der Waals surface area contributed by atoms with E-state index in [0.717, 1.165) is 24.8 Å². The van der Waals surface area contributed by atoms with Gasteiger partial charge in [-0.25, -0.2) is 9.89 Å². The molecule has 0 bridgehead atoms. The van der Waals surface area contributed by atoms with Crippen molar-refractivity contribution in [3.63, 3.8) is 0 Å². The number of H-pyrrole nitrogens is 1. The lowest BCUT2D eigenvalue weighted by molar-refractivity contribution is 0.537. The largest absolute Gasteiger partial charge is 0.343 e. The van der Waals surface area contributed by atoms with Crippen LogP contribution in [0.5, 0.6) is 0 Å². The van der Waals surface area contributed by atoms with Gasteiger partial charge in [0.2, 0.25) is 0 Å². The Balaban J connectivity index is 2.13. The highest BCUT2D eigenvalue weighted by atomic mass is 16.1. The van der Waals surface area contributed by atoms with E-state index in [1.807, 2.05) is 30.3 Å². The van der Waals surface area contributed by atoms with E-state index in [9.17, 15) is 4.79 Å². The first-order valence-corrected chi connectivity index (χ1v) is 6.87. The second kappa shape index (κ2) is 7.02. The Morgan fingerprint density at radius 2 is 2.00 bits per heavy atom. The van der Waals surface area contributed by atoms with Gasteiger partial charge in [0, 0.05) is 0 Å². The van der Waals surface area contributed by atoms with Gasteiger partial charge in [-0.3, -0.25) is 4.57 Å². The zero-order valence-electron chi connectivity index (χ0n) is 11.5. The van der Waals surface area contributed by atoms with Crippen LogP contribution in [0.25, 0.3) is 0 Å². The predicted molar refractivity (Wildman–Crippen MR) is 78.2 cm³/mol. The molecule has 108 valence electrons. The molecule has 1 aromatic carbocycles. The number of rotatable bonds is 7. The first-order valence-electron chi connectivity index (χ1n) is 6.87. The summed E-state index contributed by atoms with van der Waals surface area (Å²) < 4.78 is 1.60. The summed E-state index contributed by atoms with van der Waals surface area (Å²) in [5.74, 6) is 0.607. The van der Waals surface area contributed by atoms with Crippen molar-refractivity contribution in [1.29, 1.82) is 0 Å². The van der Waals surface area contributed by atoms with Crippen molar-refractivity contribution >= 4 is 0 Å². The Morgan fingerprint density at radius 3 is 2.70 bits per heavy atom. The van der Waals surface area contributed by atoms with E-state index in [2.05, 4.69) is 10.2 Å². The number of benzene rings is 1. The quantitative estimate of drug-likeness (QED) is 0.649. The van der Waals surface area contributed by atoms with Crippen molar-refractivity contribution in [2.45, 2.75) is 31.8 Å². The van der Waals surface area contributed by atoms with E-state index in [-0.39, 0.29) is 11.7 Å². The molecular weight excluding hydrogens is 254 g/mol. The van der Waals surface area contributed by atoms with E-state index in [0.29, 0.717) is 18.9 Å². The summed E-state index contributed by atoms with van der Waals surface area (Å²) in [6, 6.07) is 9.54. The number of aromatic amines is 1. The van der Waals surface area contributed by atoms with Crippen LogP contribution < -0.4 is 17.2 Å². The highest BCUT2D eigenvalue weighted by molar-refractivity contribution is 5.15. The molecule has 0 radical (unpaired) electrons. The van der Waals surface area contributed by atoms with Crippen LogP contribution in [0.1, 0.15) is 36.7 Å². The lowest BCUT2D eigenvalue weighted by Gasteiger charge is -2.12. The Hall–Kier alpha value is -1.92. The van der Waals surface area contributed by atoms with Crippen LogP contribution >= 0.6 is 0 Å². The number of hydrogen-bond acceptors (Lipinski definition) is 4. The summed E-state index contributed by atoms with van der Waals surface area (Å²) in [5.41, 5.74) is 12.4. The number of nitrogens with zero attached hydrogens (tertiary/aromatic N) is 2. The van der Waals surface area contributed by atoms with Gasteiger partial charge in [0.25, 0.3) is 0 Å². The molecule has 0 amide bonds. The molecule has 1 heterocycles. The van der Waals surface area contributed by atoms with Crippen molar-refractivity contribution in [3.05, 3.63) is 52.2 Å². The van der Waals surface area contributed by atoms with Gasteiger partial charge < -0.3 is 11.5 Å². The Kier molecular flexibility index (Phi) is 5.09. The van der Waals surface area contributed by atoms with Crippen LogP contribution in [-0.2, 0) is 6.54 Å². The molecule has 0 saturated heterocycles. The van der Waals surface area contributed by atoms with Gasteiger partial charge in [0.15, 0.2) is 5.82 Å². The van der Waals surface area contributed by atoms with Crippen LogP contribution in [0.3, 0.4) is 0 Å². The average Bonchev–Trinajstić information content (AvgIpc) is 2.82. The molecule has 20 heavy (non-hydrogen) atoms. The third-order valence-corrected chi connectivity index (χ3v) is 3.27. The minimum Gasteiger partial charge on any atom is -0.330 e. The summed E-state index contributed by atoms with van der Waals surface area (Å²) in [6.45, 7) is 1.14. The highest BCUT2D eigenvalue weighted by Gasteiger charge is 2.15. The van der Waals surface area contributed by atoms with Crippen molar-refractivity contribution in [2.24, 2.45) is 11.5 Å². The number of nitrogens with one attached hydrogen (secondary N) is 1. The Bertz CT molecular complexity index is 575. The number of unbranched alkanes of at least 4 members (excludes halogenated alkanes) is 1. The molecule has 5 N–H and O–H groups in total. The maximum Gasteiger partial charge on any atom is 0.343 e. The topological polar surface area (TPSA) is 103 Å². The molecule has 0 fully saturated rings. The third-order valence-electron chi connectivity index (χ3n) is 3.27. The Morgan fingerprint density at radius 1 is 1.25 bits per heavy atom. The fourth-order valence-corrected chi connectivity index (χ4v) is 2.17. The summed E-state index contributed by atoms with van der Waals surface area (Å²) in [4.78, 5) is 11.8. The zero-order chi connectivity index (χ0) is 14.4. The molecule has 0 aliphatic carbocycles. The Labute approximate surface area is 117 Å². The summed E-state index contributed by atoms with van der Waals surface area (Å²) in [7, 11) is 0. The molecule has 6 nitrogen and oxygen atoms in total. The van der Waals surface area contributed by atoms with Gasteiger partial charge in [-0.2, -0.15) is 5.10 Å². The fraction of sp³-hybridized carbons (Fsp3) is 0.429. The molecule has 1 aromatic heterocycles. The molecule has 0 spiro atoms. The minimum absolute atomic E-state index is 0.224. The van der Waals surface area contributed by atoms with E-state index in [1.54, 1.807) is 4.57 Å². The maximum atomic E-state index is 11.8. The first kappa shape index (κ1) is 14.5. The summed E-state index contributed by atoms with van der Waals surface area (Å²) in [5, 5.41) is 6.54. The maximum absolute atomic E-state index is 11.8. The smallest absolute Gasteiger partial charge is 0.330 e. The van der Waals surface area contributed by atoms with Gasteiger partial charge >= 0.3 is 5.69 Å². The molecule has 1 unspecified atom stereocenters. The number of hydrogen-bond donors (Lipinski definition) is 3. The van der Waals surface area contributed by atoms with Crippen LogP contribution in [0.15, 0.2) is 35.1 Å². The molecular formula is C14H21N5O. The van der Waals surface area contributed by atoms with Gasteiger partial charge in [0.1, 0.15) is 0 Å². The lowest BCUT2D eigenvalue weighted by atomic mass is 10.1. The molecule has 2 rings (SSSR count). The van der Waals surface area contributed by atoms with Gasteiger partial charge in [-0.15, -0.1) is 0 Å². The van der Waals surface area contributed by atoms with Gasteiger partial charge in [-0.05, 0) is 24.9 Å².